The zero-order chi connectivity index (χ0) is 10.7. The molecule has 1 aromatic heterocycles. The molecule has 1 aromatic rings. The van der Waals surface area contributed by atoms with Gasteiger partial charge in [0.25, 0.3) is 0 Å². The van der Waals surface area contributed by atoms with E-state index in [4.69, 9.17) is 9.52 Å². The Morgan fingerprint density at radius 3 is 2.71 bits per heavy atom. The van der Waals surface area contributed by atoms with Crippen LogP contribution in [0, 0.1) is 6.92 Å². The summed E-state index contributed by atoms with van der Waals surface area (Å²) in [5, 5.41) is 11.9. The van der Waals surface area contributed by atoms with Crippen molar-refractivity contribution in [3.63, 3.8) is 0 Å². The highest BCUT2D eigenvalue weighted by atomic mass is 16.4. The Labute approximate surface area is 82.9 Å². The first-order chi connectivity index (χ1) is 6.50. The summed E-state index contributed by atoms with van der Waals surface area (Å²) in [5.74, 6) is -0.359. The van der Waals surface area contributed by atoms with E-state index in [-0.39, 0.29) is 5.76 Å². The first kappa shape index (κ1) is 10.8. The van der Waals surface area contributed by atoms with Gasteiger partial charge in [-0.3, -0.25) is 0 Å². The molecule has 78 valence electrons. The highest BCUT2D eigenvalue weighted by Gasteiger charge is 2.12. The van der Waals surface area contributed by atoms with Crippen LogP contribution in [0.25, 0.3) is 0 Å². The Morgan fingerprint density at radius 1 is 1.64 bits per heavy atom. The van der Waals surface area contributed by atoms with E-state index in [9.17, 15) is 4.79 Å². The number of hydrogen-bond donors (Lipinski definition) is 2. The van der Waals surface area contributed by atoms with Gasteiger partial charge in [-0.1, -0.05) is 13.8 Å². The summed E-state index contributed by atoms with van der Waals surface area (Å²) < 4.78 is 5.07. The van der Waals surface area contributed by atoms with Crippen LogP contribution in [0.15, 0.2) is 10.5 Å². The normalized spacial score (nSPS) is 10.9. The zero-order valence-electron chi connectivity index (χ0n) is 8.63. The number of nitrogens with one attached hydrogen (secondary N) is 1. The van der Waals surface area contributed by atoms with Crippen molar-refractivity contribution in [3.05, 3.63) is 23.2 Å². The Hall–Kier alpha value is -1.29. The minimum Gasteiger partial charge on any atom is -0.475 e. The average Bonchev–Trinajstić information content (AvgIpc) is 2.43. The molecule has 1 rings (SSSR count). The van der Waals surface area contributed by atoms with E-state index < -0.39 is 5.97 Å². The molecule has 0 aliphatic carbocycles. The predicted octanol–water partition coefficient (Wildman–Crippen LogP) is 1.78. The van der Waals surface area contributed by atoms with E-state index in [1.54, 1.807) is 13.0 Å². The maximum Gasteiger partial charge on any atom is 0.371 e. The van der Waals surface area contributed by atoms with Crippen molar-refractivity contribution in [2.45, 2.75) is 33.4 Å². The lowest BCUT2D eigenvalue weighted by Crippen LogP contribution is -2.21. The zero-order valence-corrected chi connectivity index (χ0v) is 8.63. The third-order valence-electron chi connectivity index (χ3n) is 1.93. The van der Waals surface area contributed by atoms with Crippen molar-refractivity contribution < 1.29 is 14.3 Å². The van der Waals surface area contributed by atoms with E-state index in [0.717, 1.165) is 5.56 Å². The van der Waals surface area contributed by atoms with Gasteiger partial charge in [0.1, 0.15) is 5.76 Å². The first-order valence-electron chi connectivity index (χ1n) is 4.56. The highest BCUT2D eigenvalue weighted by Crippen LogP contribution is 2.14. The molecule has 0 saturated carbocycles. The molecule has 0 amide bonds. The lowest BCUT2D eigenvalue weighted by Gasteiger charge is -2.05. The van der Waals surface area contributed by atoms with Crippen LogP contribution < -0.4 is 5.32 Å². The molecular weight excluding hydrogens is 182 g/mol. The molecule has 0 unspecified atom stereocenters. The predicted molar refractivity (Wildman–Crippen MR) is 52.4 cm³/mol. The lowest BCUT2D eigenvalue weighted by atomic mass is 10.2. The number of aryl methyl sites for hydroxylation is 1. The fourth-order valence-electron chi connectivity index (χ4n) is 1.11. The number of aromatic carboxylic acids is 1. The second kappa shape index (κ2) is 4.28. The molecule has 4 heteroatoms. The van der Waals surface area contributed by atoms with Crippen molar-refractivity contribution in [1.29, 1.82) is 0 Å². The molecule has 0 aliphatic rings. The molecule has 4 nitrogen and oxygen atoms in total. The summed E-state index contributed by atoms with van der Waals surface area (Å²) >= 11 is 0. The first-order valence-corrected chi connectivity index (χ1v) is 4.56. The van der Waals surface area contributed by atoms with Crippen LogP contribution >= 0.6 is 0 Å². The van der Waals surface area contributed by atoms with E-state index >= 15 is 0 Å². The summed E-state index contributed by atoms with van der Waals surface area (Å²) in [6, 6.07) is 1.94. The standard InChI is InChI=1S/C10H15NO3/c1-6(2)11-5-8-4-9(10(12)13)14-7(8)3/h4,6,11H,5H2,1-3H3,(H,12,13). The Morgan fingerprint density at radius 2 is 2.29 bits per heavy atom. The maximum atomic E-state index is 10.6. The molecule has 0 aliphatic heterocycles. The summed E-state index contributed by atoms with van der Waals surface area (Å²) in [7, 11) is 0. The molecule has 0 aromatic carbocycles. The van der Waals surface area contributed by atoms with Gasteiger partial charge in [-0.2, -0.15) is 0 Å². The molecular formula is C10H15NO3. The van der Waals surface area contributed by atoms with Gasteiger partial charge in [0.2, 0.25) is 5.76 Å². The fraction of sp³-hybridized carbons (Fsp3) is 0.500. The van der Waals surface area contributed by atoms with Crippen molar-refractivity contribution in [1.82, 2.24) is 5.32 Å². The summed E-state index contributed by atoms with van der Waals surface area (Å²) in [4.78, 5) is 10.6. The second-order valence-electron chi connectivity index (χ2n) is 3.53. The fourth-order valence-corrected chi connectivity index (χ4v) is 1.11. The lowest BCUT2D eigenvalue weighted by molar-refractivity contribution is 0.0661. The van der Waals surface area contributed by atoms with Crippen molar-refractivity contribution in [3.8, 4) is 0 Å². The van der Waals surface area contributed by atoms with Gasteiger partial charge < -0.3 is 14.8 Å². The SMILES string of the molecule is Cc1oc(C(=O)O)cc1CNC(C)C. The maximum absolute atomic E-state index is 10.6. The number of carboxylic acids is 1. The van der Waals surface area contributed by atoms with E-state index in [2.05, 4.69) is 5.32 Å². The third-order valence-corrected chi connectivity index (χ3v) is 1.93. The van der Waals surface area contributed by atoms with Crippen LogP contribution in [-0.4, -0.2) is 17.1 Å². The van der Waals surface area contributed by atoms with Crippen LogP contribution in [0.1, 0.15) is 35.7 Å². The van der Waals surface area contributed by atoms with Crippen LogP contribution in [0.5, 0.6) is 0 Å². The monoisotopic (exact) mass is 197 g/mol. The Bertz CT molecular complexity index is 328. The van der Waals surface area contributed by atoms with Gasteiger partial charge in [0, 0.05) is 18.2 Å². The van der Waals surface area contributed by atoms with Crippen LogP contribution in [0.4, 0.5) is 0 Å². The highest BCUT2D eigenvalue weighted by molar-refractivity contribution is 5.84. The number of hydrogen-bond acceptors (Lipinski definition) is 3. The van der Waals surface area contributed by atoms with Crippen LogP contribution in [-0.2, 0) is 6.54 Å². The molecule has 0 fully saturated rings. The molecule has 0 spiro atoms. The summed E-state index contributed by atoms with van der Waals surface area (Å²) in [6.45, 7) is 6.48. The van der Waals surface area contributed by atoms with E-state index in [0.29, 0.717) is 18.3 Å². The van der Waals surface area contributed by atoms with Crippen molar-refractivity contribution >= 4 is 5.97 Å². The summed E-state index contributed by atoms with van der Waals surface area (Å²) in [5.41, 5.74) is 0.899. The number of rotatable bonds is 4. The number of carboxylic acid groups (broad SMARTS) is 1. The van der Waals surface area contributed by atoms with Crippen LogP contribution in [0.3, 0.4) is 0 Å². The molecule has 14 heavy (non-hydrogen) atoms. The average molecular weight is 197 g/mol. The van der Waals surface area contributed by atoms with Crippen molar-refractivity contribution in [2.75, 3.05) is 0 Å². The summed E-state index contributed by atoms with van der Waals surface area (Å²) in [6.07, 6.45) is 0. The molecule has 0 radical (unpaired) electrons. The largest absolute Gasteiger partial charge is 0.475 e. The van der Waals surface area contributed by atoms with Gasteiger partial charge in [0.05, 0.1) is 0 Å². The smallest absolute Gasteiger partial charge is 0.371 e. The minimum atomic E-state index is -1.02. The van der Waals surface area contributed by atoms with Crippen molar-refractivity contribution in [2.24, 2.45) is 0 Å². The van der Waals surface area contributed by atoms with Gasteiger partial charge >= 0.3 is 5.97 Å². The van der Waals surface area contributed by atoms with Gasteiger partial charge in [0.15, 0.2) is 0 Å². The molecule has 1 heterocycles. The molecule has 0 saturated heterocycles. The molecule has 2 N–H and O–H groups in total. The van der Waals surface area contributed by atoms with E-state index in [1.807, 2.05) is 13.8 Å². The Balaban J connectivity index is 2.72. The van der Waals surface area contributed by atoms with Gasteiger partial charge in [-0.25, -0.2) is 4.79 Å². The number of carbonyl (C=O) groups is 1. The quantitative estimate of drug-likeness (QED) is 0.772. The van der Waals surface area contributed by atoms with Gasteiger partial charge in [-0.15, -0.1) is 0 Å². The minimum absolute atomic E-state index is 0.00283. The third kappa shape index (κ3) is 2.60. The molecule has 0 bridgehead atoms. The second-order valence-corrected chi connectivity index (χ2v) is 3.53. The topological polar surface area (TPSA) is 62.5 Å². The Kier molecular flexibility index (Phi) is 3.30. The number of furan rings is 1. The van der Waals surface area contributed by atoms with Gasteiger partial charge in [-0.05, 0) is 13.0 Å². The van der Waals surface area contributed by atoms with Crippen LogP contribution in [0.2, 0.25) is 0 Å². The molecule has 0 atom stereocenters. The van der Waals surface area contributed by atoms with E-state index in [1.165, 1.54) is 0 Å².